The number of hydrogen-bond donors (Lipinski definition) is 1. The van der Waals surface area contributed by atoms with Crippen LogP contribution in [-0.4, -0.2) is 29.5 Å². The molecule has 1 saturated heterocycles. The van der Waals surface area contributed by atoms with Crippen molar-refractivity contribution in [2.75, 3.05) is 0 Å². The topological polar surface area (TPSA) is 46.5 Å². The second-order valence-electron chi connectivity index (χ2n) is 5.67. The third kappa shape index (κ3) is 3.56. The number of rotatable bonds is 6. The number of carbonyl (C=O) groups excluding carboxylic acids is 1. The van der Waals surface area contributed by atoms with Crippen molar-refractivity contribution < 1.29 is 19.0 Å². The summed E-state index contributed by atoms with van der Waals surface area (Å²) in [4.78, 5) is 11.2. The fourth-order valence-corrected chi connectivity index (χ4v) is 3.09. The third-order valence-electron chi connectivity index (χ3n) is 4.26. The first-order chi connectivity index (χ1) is 9.11. The molecule has 108 valence electrons. The van der Waals surface area contributed by atoms with Crippen LogP contribution >= 0.6 is 0 Å². The van der Waals surface area contributed by atoms with Gasteiger partial charge in [0.15, 0.2) is 0 Å². The van der Waals surface area contributed by atoms with E-state index in [9.17, 15) is 14.3 Å². The predicted molar refractivity (Wildman–Crippen MR) is 70.3 cm³/mol. The quantitative estimate of drug-likeness (QED) is 0.596. The lowest BCUT2D eigenvalue weighted by Gasteiger charge is -2.14. The second kappa shape index (κ2) is 6.51. The van der Waals surface area contributed by atoms with Gasteiger partial charge >= 0.3 is 5.97 Å². The van der Waals surface area contributed by atoms with Crippen molar-refractivity contribution in [3.8, 4) is 0 Å². The highest BCUT2D eigenvalue weighted by atomic mass is 19.1. The molecule has 4 heteroatoms. The van der Waals surface area contributed by atoms with E-state index < -0.39 is 12.3 Å². The molecule has 5 atom stereocenters. The van der Waals surface area contributed by atoms with Crippen LogP contribution < -0.4 is 0 Å². The summed E-state index contributed by atoms with van der Waals surface area (Å²) in [6.45, 7) is 2.00. The fraction of sp³-hybridized carbons (Fsp3) is 0.800. The summed E-state index contributed by atoms with van der Waals surface area (Å²) in [7, 11) is 0. The summed E-state index contributed by atoms with van der Waals surface area (Å²) in [5, 5.41) is 9.74. The molecule has 3 nitrogen and oxygen atoms in total. The Balaban J connectivity index is 1.83. The van der Waals surface area contributed by atoms with Gasteiger partial charge < -0.3 is 9.84 Å². The van der Waals surface area contributed by atoms with Gasteiger partial charge in [0.2, 0.25) is 0 Å². The highest BCUT2D eigenvalue weighted by Crippen LogP contribution is 2.41. The van der Waals surface area contributed by atoms with Crippen LogP contribution in [0.5, 0.6) is 0 Å². The Kier molecular flexibility index (Phi) is 4.97. The van der Waals surface area contributed by atoms with Crippen LogP contribution in [0.3, 0.4) is 0 Å². The molecular formula is C15H23FO3. The molecule has 19 heavy (non-hydrogen) atoms. The number of ether oxygens (including phenoxy) is 1. The van der Waals surface area contributed by atoms with Gasteiger partial charge in [0.05, 0.1) is 6.42 Å². The Morgan fingerprint density at radius 3 is 3.05 bits per heavy atom. The molecule has 2 unspecified atom stereocenters. The molecule has 1 saturated carbocycles. The Labute approximate surface area is 113 Å². The zero-order chi connectivity index (χ0) is 13.8. The molecule has 0 aromatic carbocycles. The first kappa shape index (κ1) is 14.5. The number of esters is 1. The number of aliphatic hydroxyl groups excluding tert-OH is 1. The first-order valence-corrected chi connectivity index (χ1v) is 7.31. The van der Waals surface area contributed by atoms with Crippen molar-refractivity contribution in [2.45, 2.75) is 63.8 Å². The molecule has 0 radical (unpaired) electrons. The maximum absolute atomic E-state index is 13.6. The van der Waals surface area contributed by atoms with E-state index in [1.807, 2.05) is 13.0 Å². The Bertz CT molecular complexity index is 342. The Morgan fingerprint density at radius 2 is 2.32 bits per heavy atom. The van der Waals surface area contributed by atoms with Gasteiger partial charge in [-0.05, 0) is 25.2 Å². The normalized spacial score (nSPS) is 33.4. The van der Waals surface area contributed by atoms with Gasteiger partial charge in [0.25, 0.3) is 0 Å². The van der Waals surface area contributed by atoms with Crippen LogP contribution in [0.1, 0.15) is 45.4 Å². The lowest BCUT2D eigenvalue weighted by atomic mass is 9.92. The minimum absolute atomic E-state index is 0.0422. The highest BCUT2D eigenvalue weighted by molar-refractivity contribution is 5.72. The molecule has 2 fully saturated rings. The number of alkyl halides is 1. The monoisotopic (exact) mass is 270 g/mol. The molecular weight excluding hydrogens is 247 g/mol. The fourth-order valence-electron chi connectivity index (χ4n) is 3.09. The Morgan fingerprint density at radius 1 is 1.53 bits per heavy atom. The number of halogens is 1. The van der Waals surface area contributed by atoms with E-state index in [0.29, 0.717) is 12.8 Å². The standard InChI is InChI=1S/C15H23FO3/c1-2-3-4-12(16)13(17)7-5-10-6-8-14-11(10)9-15(18)19-14/h5,7,10-14,17H,2-4,6,8-9H2,1H3/t10-,11+,12?,13?,14+/m0/s1. The molecule has 1 aliphatic heterocycles. The maximum Gasteiger partial charge on any atom is 0.306 e. The molecule has 0 spiro atoms. The number of fused-ring (bicyclic) bond motifs is 1. The van der Waals surface area contributed by atoms with Crippen molar-refractivity contribution in [1.82, 2.24) is 0 Å². The minimum Gasteiger partial charge on any atom is -0.462 e. The van der Waals surface area contributed by atoms with Crippen LogP contribution in [0.25, 0.3) is 0 Å². The maximum atomic E-state index is 13.6. The van der Waals surface area contributed by atoms with Gasteiger partial charge in [0.1, 0.15) is 18.4 Å². The number of unbranched alkanes of at least 4 members (excludes halogenated alkanes) is 1. The lowest BCUT2D eigenvalue weighted by molar-refractivity contribution is -0.141. The predicted octanol–water partition coefficient (Wildman–Crippen LogP) is 2.77. The van der Waals surface area contributed by atoms with Crippen molar-refractivity contribution in [1.29, 1.82) is 0 Å². The number of carbonyl (C=O) groups is 1. The van der Waals surface area contributed by atoms with Crippen LogP contribution in [0.15, 0.2) is 12.2 Å². The summed E-state index contributed by atoms with van der Waals surface area (Å²) in [6, 6.07) is 0. The molecule has 1 aliphatic carbocycles. The third-order valence-corrected chi connectivity index (χ3v) is 4.26. The SMILES string of the molecule is CCCCC(F)C(O)C=C[C@H]1CC[C@H]2OC(=O)C[C@H]12. The van der Waals surface area contributed by atoms with E-state index in [1.165, 1.54) is 0 Å². The summed E-state index contributed by atoms with van der Waals surface area (Å²) in [5.74, 6) is 0.342. The molecule has 2 rings (SSSR count). The minimum atomic E-state index is -1.19. The smallest absolute Gasteiger partial charge is 0.306 e. The molecule has 1 heterocycles. The molecule has 0 amide bonds. The van der Waals surface area contributed by atoms with Crippen molar-refractivity contribution in [3.63, 3.8) is 0 Å². The average molecular weight is 270 g/mol. The zero-order valence-electron chi connectivity index (χ0n) is 11.4. The largest absolute Gasteiger partial charge is 0.462 e. The van der Waals surface area contributed by atoms with Gasteiger partial charge in [-0.25, -0.2) is 4.39 Å². The molecule has 0 bridgehead atoms. The highest BCUT2D eigenvalue weighted by Gasteiger charge is 2.43. The van der Waals surface area contributed by atoms with Gasteiger partial charge in [-0.1, -0.05) is 31.9 Å². The van der Waals surface area contributed by atoms with Gasteiger partial charge in [0, 0.05) is 5.92 Å². The van der Waals surface area contributed by atoms with Gasteiger partial charge in [-0.15, -0.1) is 0 Å². The number of allylic oxidation sites excluding steroid dienone is 1. The summed E-state index contributed by atoms with van der Waals surface area (Å²) in [5.41, 5.74) is 0. The van der Waals surface area contributed by atoms with E-state index >= 15 is 0 Å². The first-order valence-electron chi connectivity index (χ1n) is 7.31. The molecule has 2 aliphatic rings. The zero-order valence-corrected chi connectivity index (χ0v) is 11.4. The van der Waals surface area contributed by atoms with E-state index in [1.54, 1.807) is 6.08 Å². The molecule has 0 aromatic heterocycles. The van der Waals surface area contributed by atoms with E-state index in [4.69, 9.17) is 4.74 Å². The van der Waals surface area contributed by atoms with Gasteiger partial charge in [-0.2, -0.15) is 0 Å². The number of hydrogen-bond acceptors (Lipinski definition) is 3. The molecule has 0 aromatic rings. The summed E-state index contributed by atoms with van der Waals surface area (Å²) < 4.78 is 18.8. The van der Waals surface area contributed by atoms with E-state index in [-0.39, 0.29) is 23.9 Å². The van der Waals surface area contributed by atoms with Crippen LogP contribution in [0, 0.1) is 11.8 Å². The van der Waals surface area contributed by atoms with Crippen LogP contribution in [-0.2, 0) is 9.53 Å². The van der Waals surface area contributed by atoms with Crippen LogP contribution in [0.4, 0.5) is 4.39 Å². The summed E-state index contributed by atoms with van der Waals surface area (Å²) in [6.07, 6.45) is 5.72. The molecule has 1 N–H and O–H groups in total. The Hall–Kier alpha value is -0.900. The van der Waals surface area contributed by atoms with E-state index in [0.717, 1.165) is 25.7 Å². The average Bonchev–Trinajstić information content (AvgIpc) is 2.92. The van der Waals surface area contributed by atoms with E-state index in [2.05, 4.69) is 0 Å². The van der Waals surface area contributed by atoms with Gasteiger partial charge in [-0.3, -0.25) is 4.79 Å². The summed E-state index contributed by atoms with van der Waals surface area (Å²) >= 11 is 0. The lowest BCUT2D eigenvalue weighted by Crippen LogP contribution is -2.20. The number of aliphatic hydroxyl groups is 1. The van der Waals surface area contributed by atoms with Crippen molar-refractivity contribution in [3.05, 3.63) is 12.2 Å². The second-order valence-corrected chi connectivity index (χ2v) is 5.67. The van der Waals surface area contributed by atoms with Crippen molar-refractivity contribution >= 4 is 5.97 Å². The van der Waals surface area contributed by atoms with Crippen molar-refractivity contribution in [2.24, 2.45) is 11.8 Å². The van der Waals surface area contributed by atoms with Crippen LogP contribution in [0.2, 0.25) is 0 Å².